The van der Waals surface area contributed by atoms with Gasteiger partial charge in [0.05, 0.1) is 22.7 Å². The molecule has 2 aromatic carbocycles. The van der Waals surface area contributed by atoms with Gasteiger partial charge in [-0.15, -0.1) is 0 Å². The van der Waals surface area contributed by atoms with E-state index < -0.39 is 0 Å². The third-order valence-electron chi connectivity index (χ3n) is 2.76. The highest BCUT2D eigenvalue weighted by atomic mass is 35.5. The van der Waals surface area contributed by atoms with Crippen molar-refractivity contribution in [3.05, 3.63) is 63.6 Å². The molecule has 0 fully saturated rings. The predicted molar refractivity (Wildman–Crippen MR) is 85.0 cm³/mol. The number of amidine groups is 1. The Morgan fingerprint density at radius 3 is 2.62 bits per heavy atom. The van der Waals surface area contributed by atoms with Gasteiger partial charge >= 0.3 is 0 Å². The number of halogens is 2. The lowest BCUT2D eigenvalue weighted by Crippen LogP contribution is -2.15. The molecule has 6 heteroatoms. The topological polar surface area (TPSA) is 56.8 Å². The summed E-state index contributed by atoms with van der Waals surface area (Å²) in [5.41, 5.74) is 7.41. The average Bonchev–Trinajstić information content (AvgIpc) is 2.50. The van der Waals surface area contributed by atoms with E-state index in [9.17, 15) is 0 Å². The lowest BCUT2D eigenvalue weighted by molar-refractivity contribution is 0.130. The van der Waals surface area contributed by atoms with Crippen molar-refractivity contribution in [2.45, 2.75) is 6.61 Å². The van der Waals surface area contributed by atoms with E-state index in [2.05, 4.69) is 5.16 Å². The van der Waals surface area contributed by atoms with Gasteiger partial charge in [-0.1, -0.05) is 46.6 Å². The van der Waals surface area contributed by atoms with Crippen molar-refractivity contribution >= 4 is 29.0 Å². The Morgan fingerprint density at radius 1 is 1.14 bits per heavy atom. The smallest absolute Gasteiger partial charge is 0.174 e. The van der Waals surface area contributed by atoms with E-state index in [1.807, 2.05) is 18.2 Å². The Kier molecular flexibility index (Phi) is 5.31. The van der Waals surface area contributed by atoms with Crippen molar-refractivity contribution in [1.29, 1.82) is 0 Å². The summed E-state index contributed by atoms with van der Waals surface area (Å²) in [6.07, 6.45) is 0. The second-order valence-electron chi connectivity index (χ2n) is 4.20. The number of oxime groups is 1. The van der Waals surface area contributed by atoms with Gasteiger partial charge in [-0.2, -0.15) is 0 Å². The van der Waals surface area contributed by atoms with Crippen LogP contribution >= 0.6 is 23.2 Å². The van der Waals surface area contributed by atoms with E-state index in [1.165, 1.54) is 0 Å². The van der Waals surface area contributed by atoms with Crippen LogP contribution in [0.2, 0.25) is 10.0 Å². The third-order valence-corrected chi connectivity index (χ3v) is 3.50. The SMILES string of the molecule is COc1ccccc1/C(N)=N/OCc1ccc(Cl)c(Cl)c1. The molecule has 0 aromatic heterocycles. The van der Waals surface area contributed by atoms with Gasteiger partial charge in [-0.25, -0.2) is 0 Å². The van der Waals surface area contributed by atoms with Gasteiger partial charge in [0.25, 0.3) is 0 Å². The molecule has 0 spiro atoms. The molecular formula is C15H14Cl2N2O2. The van der Waals surface area contributed by atoms with Crippen LogP contribution in [0.15, 0.2) is 47.6 Å². The van der Waals surface area contributed by atoms with E-state index in [0.717, 1.165) is 5.56 Å². The zero-order valence-corrected chi connectivity index (χ0v) is 12.9. The number of nitrogens with two attached hydrogens (primary N) is 1. The Balaban J connectivity index is 2.05. The molecule has 21 heavy (non-hydrogen) atoms. The maximum Gasteiger partial charge on any atom is 0.174 e. The molecule has 0 amide bonds. The minimum Gasteiger partial charge on any atom is -0.496 e. The second kappa shape index (κ2) is 7.20. The quantitative estimate of drug-likeness (QED) is 0.516. The molecule has 110 valence electrons. The molecule has 4 nitrogen and oxygen atoms in total. The van der Waals surface area contributed by atoms with Crippen LogP contribution in [-0.2, 0) is 11.4 Å². The largest absolute Gasteiger partial charge is 0.496 e. The molecule has 0 atom stereocenters. The van der Waals surface area contributed by atoms with E-state index in [0.29, 0.717) is 21.4 Å². The number of hydrogen-bond acceptors (Lipinski definition) is 3. The van der Waals surface area contributed by atoms with Gasteiger partial charge in [0, 0.05) is 0 Å². The molecule has 0 unspecified atom stereocenters. The Labute approximate surface area is 133 Å². The van der Waals surface area contributed by atoms with E-state index in [-0.39, 0.29) is 12.4 Å². The van der Waals surface area contributed by atoms with Crippen LogP contribution in [0.4, 0.5) is 0 Å². The van der Waals surface area contributed by atoms with Crippen molar-refractivity contribution in [2.24, 2.45) is 10.9 Å². The van der Waals surface area contributed by atoms with Gasteiger partial charge < -0.3 is 15.3 Å². The van der Waals surface area contributed by atoms with Crippen molar-refractivity contribution in [3.63, 3.8) is 0 Å². The summed E-state index contributed by atoms with van der Waals surface area (Å²) in [6, 6.07) is 12.5. The van der Waals surface area contributed by atoms with Crippen LogP contribution in [-0.4, -0.2) is 12.9 Å². The molecule has 0 aliphatic rings. The average molecular weight is 325 g/mol. The molecule has 0 heterocycles. The molecule has 0 bridgehead atoms. The Hall–Kier alpha value is -1.91. The number of nitrogens with zero attached hydrogens (tertiary/aromatic N) is 1. The molecule has 0 aliphatic carbocycles. The summed E-state index contributed by atoms with van der Waals surface area (Å²) < 4.78 is 5.21. The minimum absolute atomic E-state index is 0.243. The first-order valence-electron chi connectivity index (χ1n) is 6.14. The summed E-state index contributed by atoms with van der Waals surface area (Å²) in [5.74, 6) is 0.879. The fourth-order valence-corrected chi connectivity index (χ4v) is 2.03. The first-order valence-corrected chi connectivity index (χ1v) is 6.90. The van der Waals surface area contributed by atoms with Crippen LogP contribution in [0.3, 0.4) is 0 Å². The summed E-state index contributed by atoms with van der Waals surface area (Å²) in [6.45, 7) is 0.243. The van der Waals surface area contributed by atoms with Crippen LogP contribution in [0.5, 0.6) is 5.75 Å². The maximum absolute atomic E-state index is 5.93. The highest BCUT2D eigenvalue weighted by molar-refractivity contribution is 6.42. The van der Waals surface area contributed by atoms with Crippen LogP contribution < -0.4 is 10.5 Å². The molecule has 0 radical (unpaired) electrons. The standard InChI is InChI=1S/C15H14Cl2N2O2/c1-20-14-5-3-2-4-11(14)15(18)19-21-9-10-6-7-12(16)13(17)8-10/h2-8H,9H2,1H3,(H2,18,19). The van der Waals surface area contributed by atoms with Gasteiger partial charge in [0.1, 0.15) is 12.4 Å². The third kappa shape index (κ3) is 4.03. The molecule has 2 rings (SSSR count). The number of hydrogen-bond donors (Lipinski definition) is 1. The molecule has 0 aliphatic heterocycles. The van der Waals surface area contributed by atoms with E-state index in [1.54, 1.807) is 31.4 Å². The zero-order valence-electron chi connectivity index (χ0n) is 11.3. The number of para-hydroxylation sites is 1. The number of ether oxygens (including phenoxy) is 1. The fourth-order valence-electron chi connectivity index (χ4n) is 1.71. The summed E-state index contributed by atoms with van der Waals surface area (Å²) in [4.78, 5) is 5.24. The first kappa shape index (κ1) is 15.5. The minimum atomic E-state index is 0.243. The predicted octanol–water partition coefficient (Wildman–Crippen LogP) is 3.84. The lowest BCUT2D eigenvalue weighted by Gasteiger charge is -2.07. The van der Waals surface area contributed by atoms with Crippen LogP contribution in [0, 0.1) is 0 Å². The van der Waals surface area contributed by atoms with Gasteiger partial charge in [-0.05, 0) is 29.8 Å². The molecule has 2 N–H and O–H groups in total. The number of methoxy groups -OCH3 is 1. The Bertz CT molecular complexity index is 660. The van der Waals surface area contributed by atoms with Crippen molar-refractivity contribution < 1.29 is 9.57 Å². The highest BCUT2D eigenvalue weighted by Crippen LogP contribution is 2.23. The summed E-state index contributed by atoms with van der Waals surface area (Å²) in [7, 11) is 1.57. The van der Waals surface area contributed by atoms with Crippen LogP contribution in [0.1, 0.15) is 11.1 Å². The molecular weight excluding hydrogens is 311 g/mol. The van der Waals surface area contributed by atoms with Crippen molar-refractivity contribution in [2.75, 3.05) is 7.11 Å². The van der Waals surface area contributed by atoms with Crippen molar-refractivity contribution in [3.8, 4) is 5.75 Å². The normalized spacial score (nSPS) is 11.3. The maximum atomic E-state index is 5.93. The first-order chi connectivity index (χ1) is 10.1. The fraction of sp³-hybridized carbons (Fsp3) is 0.133. The number of benzene rings is 2. The van der Waals surface area contributed by atoms with Gasteiger partial charge in [0.2, 0.25) is 0 Å². The van der Waals surface area contributed by atoms with Crippen molar-refractivity contribution in [1.82, 2.24) is 0 Å². The van der Waals surface area contributed by atoms with Crippen LogP contribution in [0.25, 0.3) is 0 Å². The summed E-state index contributed by atoms with van der Waals surface area (Å²) >= 11 is 11.8. The van der Waals surface area contributed by atoms with Gasteiger partial charge in [0.15, 0.2) is 5.84 Å². The molecule has 0 saturated carbocycles. The molecule has 2 aromatic rings. The lowest BCUT2D eigenvalue weighted by atomic mass is 10.2. The number of rotatable bonds is 5. The second-order valence-corrected chi connectivity index (χ2v) is 5.01. The highest BCUT2D eigenvalue weighted by Gasteiger charge is 2.06. The zero-order chi connectivity index (χ0) is 15.2. The Morgan fingerprint density at radius 2 is 1.90 bits per heavy atom. The monoisotopic (exact) mass is 324 g/mol. The summed E-state index contributed by atoms with van der Waals surface area (Å²) in [5, 5.41) is 4.86. The molecule has 0 saturated heterocycles. The van der Waals surface area contributed by atoms with Gasteiger partial charge in [-0.3, -0.25) is 0 Å². The van der Waals surface area contributed by atoms with E-state index >= 15 is 0 Å². The van der Waals surface area contributed by atoms with E-state index in [4.69, 9.17) is 38.5 Å².